The number of rotatable bonds is 0. The van der Waals surface area contributed by atoms with Crippen molar-refractivity contribution in [2.45, 2.75) is 0 Å². The molecule has 11 heavy (non-hydrogen) atoms. The van der Waals surface area contributed by atoms with Crippen molar-refractivity contribution in [3.8, 4) is 0 Å². The van der Waals surface area contributed by atoms with Crippen molar-refractivity contribution in [2.75, 3.05) is 0 Å². The van der Waals surface area contributed by atoms with Crippen LogP contribution in [0.1, 0.15) is 0 Å². The van der Waals surface area contributed by atoms with Crippen LogP contribution in [-0.2, 0) is 0 Å². The molecule has 0 N–H and O–H groups in total. The summed E-state index contributed by atoms with van der Waals surface area (Å²) in [5, 5.41) is 4.44. The fourth-order valence-corrected chi connectivity index (χ4v) is 1.47. The smallest absolute Gasteiger partial charge is 0.156 e. The average Bonchev–Trinajstić information content (AvgIpc) is 2.35. The van der Waals surface area contributed by atoms with Gasteiger partial charge in [-0.2, -0.15) is 5.10 Å². The zero-order valence-electron chi connectivity index (χ0n) is 5.33. The summed E-state index contributed by atoms with van der Waals surface area (Å²) in [6, 6.07) is 3.72. The molecule has 2 heterocycles. The van der Waals surface area contributed by atoms with E-state index in [9.17, 15) is 0 Å². The monoisotopic (exact) mass is 231 g/mol. The molecule has 0 unspecified atom stereocenters. The molecule has 5 heteroatoms. The van der Waals surface area contributed by atoms with Gasteiger partial charge in [0, 0.05) is 0 Å². The van der Waals surface area contributed by atoms with Gasteiger partial charge in [-0.05, 0) is 28.1 Å². The van der Waals surface area contributed by atoms with Crippen LogP contribution in [0.4, 0.5) is 0 Å². The number of aromatic nitrogens is 3. The topological polar surface area (TPSA) is 30.2 Å². The SMILES string of the molecule is Clc1ncnn2c(Br)ccc12. The van der Waals surface area contributed by atoms with Gasteiger partial charge in [0.15, 0.2) is 5.15 Å². The first-order valence-corrected chi connectivity index (χ1v) is 4.10. The van der Waals surface area contributed by atoms with E-state index in [-0.39, 0.29) is 0 Å². The molecule has 56 valence electrons. The molecule has 0 spiro atoms. The van der Waals surface area contributed by atoms with E-state index in [1.165, 1.54) is 6.33 Å². The Morgan fingerprint density at radius 2 is 2.27 bits per heavy atom. The third-order valence-electron chi connectivity index (χ3n) is 1.36. The van der Waals surface area contributed by atoms with E-state index in [0.717, 1.165) is 10.1 Å². The highest BCUT2D eigenvalue weighted by atomic mass is 79.9. The molecule has 0 saturated carbocycles. The van der Waals surface area contributed by atoms with Gasteiger partial charge in [-0.15, -0.1) is 0 Å². The molecular weight excluding hydrogens is 229 g/mol. The second-order valence-electron chi connectivity index (χ2n) is 2.00. The van der Waals surface area contributed by atoms with Gasteiger partial charge in [-0.25, -0.2) is 9.50 Å². The summed E-state index contributed by atoms with van der Waals surface area (Å²) in [4.78, 5) is 3.83. The van der Waals surface area contributed by atoms with Crippen LogP contribution in [-0.4, -0.2) is 14.6 Å². The van der Waals surface area contributed by atoms with E-state index in [1.54, 1.807) is 4.52 Å². The Bertz CT molecular complexity index is 398. The van der Waals surface area contributed by atoms with Crippen molar-refractivity contribution in [2.24, 2.45) is 0 Å². The molecule has 0 saturated heterocycles. The summed E-state index contributed by atoms with van der Waals surface area (Å²) in [5.74, 6) is 0. The minimum atomic E-state index is 0.464. The standard InChI is InChI=1S/C6H3BrClN3/c7-5-2-1-4-6(8)9-3-10-11(4)5/h1-3H. The summed E-state index contributed by atoms with van der Waals surface area (Å²) in [5.41, 5.74) is 0.807. The molecule has 0 amide bonds. The minimum Gasteiger partial charge on any atom is -0.222 e. The molecule has 0 aromatic carbocycles. The van der Waals surface area contributed by atoms with Gasteiger partial charge in [0.2, 0.25) is 0 Å². The van der Waals surface area contributed by atoms with Gasteiger partial charge in [0.05, 0.1) is 0 Å². The lowest BCUT2D eigenvalue weighted by atomic mass is 10.5. The van der Waals surface area contributed by atoms with Gasteiger partial charge in [-0.1, -0.05) is 11.6 Å². The van der Waals surface area contributed by atoms with Crippen molar-refractivity contribution in [1.29, 1.82) is 0 Å². The highest BCUT2D eigenvalue weighted by Crippen LogP contribution is 2.18. The quantitative estimate of drug-likeness (QED) is 0.697. The third kappa shape index (κ3) is 1.02. The maximum absolute atomic E-state index is 5.78. The summed E-state index contributed by atoms with van der Waals surface area (Å²) in [7, 11) is 0. The maximum Gasteiger partial charge on any atom is 0.156 e. The van der Waals surface area contributed by atoms with Crippen LogP contribution >= 0.6 is 27.5 Å². The number of fused-ring (bicyclic) bond motifs is 1. The van der Waals surface area contributed by atoms with Crippen molar-refractivity contribution in [3.63, 3.8) is 0 Å². The number of halogens is 2. The van der Waals surface area contributed by atoms with Gasteiger partial charge in [0.1, 0.15) is 16.4 Å². The van der Waals surface area contributed by atoms with Crippen LogP contribution in [0.3, 0.4) is 0 Å². The number of nitrogens with zero attached hydrogens (tertiary/aromatic N) is 3. The Labute approximate surface area is 76.1 Å². The highest BCUT2D eigenvalue weighted by molar-refractivity contribution is 9.10. The molecule has 2 aromatic rings. The fourth-order valence-electron chi connectivity index (χ4n) is 0.872. The number of hydrogen-bond donors (Lipinski definition) is 0. The number of hydrogen-bond acceptors (Lipinski definition) is 2. The van der Waals surface area contributed by atoms with Crippen molar-refractivity contribution in [1.82, 2.24) is 14.6 Å². The largest absolute Gasteiger partial charge is 0.222 e. The molecule has 2 rings (SSSR count). The van der Waals surface area contributed by atoms with Crippen molar-refractivity contribution in [3.05, 3.63) is 28.2 Å². The second-order valence-corrected chi connectivity index (χ2v) is 3.17. The predicted molar refractivity (Wildman–Crippen MR) is 45.7 cm³/mol. The predicted octanol–water partition coefficient (Wildman–Crippen LogP) is 2.15. The van der Waals surface area contributed by atoms with E-state index in [2.05, 4.69) is 26.0 Å². The lowest BCUT2D eigenvalue weighted by Gasteiger charge is -1.94. The molecule has 0 atom stereocenters. The first kappa shape index (κ1) is 7.06. The molecular formula is C6H3BrClN3. The van der Waals surface area contributed by atoms with E-state index in [1.807, 2.05) is 12.1 Å². The molecule has 3 nitrogen and oxygen atoms in total. The summed E-state index contributed by atoms with van der Waals surface area (Å²) >= 11 is 9.09. The van der Waals surface area contributed by atoms with Gasteiger partial charge < -0.3 is 0 Å². The first-order valence-electron chi connectivity index (χ1n) is 2.93. The summed E-state index contributed by atoms with van der Waals surface area (Å²) in [6.07, 6.45) is 1.42. The normalized spacial score (nSPS) is 10.7. The second kappa shape index (κ2) is 2.46. The molecule has 2 aromatic heterocycles. The van der Waals surface area contributed by atoms with Crippen LogP contribution in [0.2, 0.25) is 5.15 Å². The molecule has 0 radical (unpaired) electrons. The van der Waals surface area contributed by atoms with Crippen molar-refractivity contribution < 1.29 is 0 Å². The van der Waals surface area contributed by atoms with Crippen LogP contribution in [0.15, 0.2) is 23.1 Å². The zero-order valence-corrected chi connectivity index (χ0v) is 7.67. The minimum absolute atomic E-state index is 0.464. The van der Waals surface area contributed by atoms with E-state index in [0.29, 0.717) is 5.15 Å². The molecule has 0 fully saturated rings. The van der Waals surface area contributed by atoms with Crippen LogP contribution < -0.4 is 0 Å². The molecule has 0 bridgehead atoms. The van der Waals surface area contributed by atoms with E-state index in [4.69, 9.17) is 11.6 Å². The highest BCUT2D eigenvalue weighted by Gasteiger charge is 2.02. The molecule has 0 aliphatic rings. The molecule has 0 aliphatic carbocycles. The fraction of sp³-hybridized carbons (Fsp3) is 0. The zero-order chi connectivity index (χ0) is 7.84. The van der Waals surface area contributed by atoms with E-state index < -0.39 is 0 Å². The van der Waals surface area contributed by atoms with Gasteiger partial charge >= 0.3 is 0 Å². The molecule has 0 aliphatic heterocycles. The Morgan fingerprint density at radius 1 is 1.45 bits per heavy atom. The summed E-state index contributed by atoms with van der Waals surface area (Å²) < 4.78 is 2.55. The van der Waals surface area contributed by atoms with Crippen molar-refractivity contribution >= 4 is 33.0 Å². The lowest BCUT2D eigenvalue weighted by molar-refractivity contribution is 0.885. The van der Waals surface area contributed by atoms with Gasteiger partial charge in [0.25, 0.3) is 0 Å². The maximum atomic E-state index is 5.78. The summed E-state index contributed by atoms with van der Waals surface area (Å²) in [6.45, 7) is 0. The first-order chi connectivity index (χ1) is 5.29. The Balaban J connectivity index is 2.94. The Hall–Kier alpha value is -0.610. The van der Waals surface area contributed by atoms with E-state index >= 15 is 0 Å². The van der Waals surface area contributed by atoms with Crippen LogP contribution in [0, 0.1) is 0 Å². The Kier molecular flexibility index (Phi) is 1.58. The third-order valence-corrected chi connectivity index (χ3v) is 2.25. The lowest BCUT2D eigenvalue weighted by Crippen LogP contribution is -1.92. The van der Waals surface area contributed by atoms with Crippen LogP contribution in [0.25, 0.3) is 5.52 Å². The Morgan fingerprint density at radius 3 is 3.00 bits per heavy atom. The van der Waals surface area contributed by atoms with Gasteiger partial charge in [-0.3, -0.25) is 0 Å². The van der Waals surface area contributed by atoms with Crippen LogP contribution in [0.5, 0.6) is 0 Å². The average molecular weight is 232 g/mol.